The normalized spacial score (nSPS) is 28.9. The Kier molecular flexibility index (Phi) is 4.26. The molecule has 0 N–H and O–H groups in total. The molecule has 8 rings (SSSR count). The Balaban J connectivity index is 1.53. The van der Waals surface area contributed by atoms with Crippen LogP contribution < -0.4 is 0 Å². The van der Waals surface area contributed by atoms with Gasteiger partial charge in [-0.3, -0.25) is 0 Å². The summed E-state index contributed by atoms with van der Waals surface area (Å²) in [5, 5.41) is 0.259. The summed E-state index contributed by atoms with van der Waals surface area (Å²) in [4.78, 5) is 2.86. The van der Waals surface area contributed by atoms with Gasteiger partial charge in [0.15, 0.2) is 20.6 Å². The molecule has 3 aliphatic heterocycles. The van der Waals surface area contributed by atoms with Crippen molar-refractivity contribution < 1.29 is 4.74 Å². The van der Waals surface area contributed by atoms with Gasteiger partial charge in [0.25, 0.3) is 0 Å². The average Bonchev–Trinajstić information content (AvgIpc) is 3.58. The maximum Gasteiger partial charge on any atom is 0.176 e. The van der Waals surface area contributed by atoms with Crippen molar-refractivity contribution in [3.8, 4) is 0 Å². The highest BCUT2D eigenvalue weighted by Gasteiger charge is 2.79. The minimum absolute atomic E-state index is 0.142. The van der Waals surface area contributed by atoms with Crippen LogP contribution in [-0.2, 0) is 26.8 Å². The molecule has 2 heteroatoms. The van der Waals surface area contributed by atoms with Gasteiger partial charge in [-0.05, 0) is 40.5 Å². The lowest BCUT2D eigenvalue weighted by Gasteiger charge is -2.35. The minimum atomic E-state index is -0.537. The summed E-state index contributed by atoms with van der Waals surface area (Å²) in [6.07, 6.45) is 0. The molecule has 0 spiro atoms. The first-order valence-corrected chi connectivity index (χ1v) is 13.9. The summed E-state index contributed by atoms with van der Waals surface area (Å²) in [5.41, 5.74) is 5.50. The smallest absolute Gasteiger partial charge is 0.176 e. The molecule has 3 heterocycles. The molecule has 0 amide bonds. The van der Waals surface area contributed by atoms with Gasteiger partial charge in [-0.25, -0.2) is 0 Å². The summed E-state index contributed by atoms with van der Waals surface area (Å²) in [6.45, 7) is 0. The second kappa shape index (κ2) is 7.46. The van der Waals surface area contributed by atoms with Crippen LogP contribution in [0.3, 0.4) is 0 Å². The third-order valence-electron chi connectivity index (χ3n) is 8.34. The number of hydrogen-bond donors (Lipinski definition) is 0. The Hall–Kier alpha value is -3.59. The van der Waals surface area contributed by atoms with Crippen LogP contribution in [0.25, 0.3) is 0 Å². The van der Waals surface area contributed by atoms with E-state index < -0.39 is 11.2 Å². The summed E-state index contributed by atoms with van der Waals surface area (Å²) in [7, 11) is -0.142. The van der Waals surface area contributed by atoms with E-state index >= 15 is 0 Å². The quantitative estimate of drug-likeness (QED) is 0.244. The average molecular weight is 482 g/mol. The van der Waals surface area contributed by atoms with E-state index in [0.717, 1.165) is 0 Å². The molecule has 0 saturated carbocycles. The lowest BCUT2D eigenvalue weighted by atomic mass is 9.64. The Morgan fingerprint density at radius 2 is 1.00 bits per heavy atom. The minimum Gasteiger partial charge on any atom is -0.343 e. The van der Waals surface area contributed by atoms with Crippen LogP contribution in [-0.4, -0.2) is 5.25 Å². The van der Waals surface area contributed by atoms with Gasteiger partial charge in [0.2, 0.25) is 0 Å². The predicted molar refractivity (Wildman–Crippen MR) is 145 cm³/mol. The first-order valence-electron chi connectivity index (χ1n) is 12.6. The topological polar surface area (TPSA) is 9.23 Å². The van der Waals surface area contributed by atoms with Gasteiger partial charge in [-0.15, -0.1) is 0 Å². The molecular formula is C34H25OS+. The second-order valence-electron chi connectivity index (χ2n) is 9.94. The largest absolute Gasteiger partial charge is 0.343 e. The summed E-state index contributed by atoms with van der Waals surface area (Å²) in [5.74, 6) is 0.217. The fourth-order valence-corrected chi connectivity index (χ4v) is 10.3. The molecule has 3 aliphatic rings. The second-order valence-corrected chi connectivity index (χ2v) is 12.0. The first-order chi connectivity index (χ1) is 17.9. The fourth-order valence-electron chi connectivity index (χ4n) is 7.13. The van der Waals surface area contributed by atoms with E-state index in [0.29, 0.717) is 0 Å². The Bertz CT molecular complexity index is 1580. The van der Waals surface area contributed by atoms with E-state index in [4.69, 9.17) is 4.74 Å². The van der Waals surface area contributed by atoms with Crippen LogP contribution in [0.5, 0.6) is 0 Å². The van der Waals surface area contributed by atoms with Gasteiger partial charge in [0, 0.05) is 5.56 Å². The van der Waals surface area contributed by atoms with E-state index in [9.17, 15) is 0 Å². The highest BCUT2D eigenvalue weighted by atomic mass is 32.2. The van der Waals surface area contributed by atoms with Crippen molar-refractivity contribution in [3.05, 3.63) is 167 Å². The van der Waals surface area contributed by atoms with Gasteiger partial charge in [0.05, 0.1) is 16.8 Å². The molecule has 5 aromatic rings. The monoisotopic (exact) mass is 481 g/mol. The van der Waals surface area contributed by atoms with Crippen molar-refractivity contribution in [1.29, 1.82) is 0 Å². The Morgan fingerprint density at radius 3 is 1.67 bits per heavy atom. The van der Waals surface area contributed by atoms with Crippen LogP contribution in [0.15, 0.2) is 149 Å². The zero-order valence-corrected chi connectivity index (χ0v) is 20.6. The lowest BCUT2D eigenvalue weighted by Crippen LogP contribution is -2.44. The third kappa shape index (κ3) is 2.41. The van der Waals surface area contributed by atoms with Gasteiger partial charge < -0.3 is 4.74 Å². The van der Waals surface area contributed by atoms with E-state index in [1.165, 1.54) is 37.6 Å². The molecule has 2 bridgehead atoms. The molecule has 0 aliphatic carbocycles. The molecule has 5 atom stereocenters. The van der Waals surface area contributed by atoms with E-state index in [1.807, 2.05) is 0 Å². The van der Waals surface area contributed by atoms with Crippen LogP contribution >= 0.6 is 0 Å². The molecule has 172 valence electrons. The summed E-state index contributed by atoms with van der Waals surface area (Å²) < 4.78 is 7.67. The number of rotatable bonds is 3. The van der Waals surface area contributed by atoms with Crippen molar-refractivity contribution in [2.45, 2.75) is 32.2 Å². The zero-order chi connectivity index (χ0) is 23.7. The van der Waals surface area contributed by atoms with Crippen LogP contribution in [0.4, 0.5) is 0 Å². The SMILES string of the molecule is c1ccc([S+]2c3ccccc3[C@@H]3[C@H]2[C@@]2(c4ccccc4)O[C@]3(c3ccccc3)c3ccccc32)cc1. The molecule has 0 aromatic heterocycles. The van der Waals surface area contributed by atoms with E-state index in [2.05, 4.69) is 140 Å². The van der Waals surface area contributed by atoms with Gasteiger partial charge >= 0.3 is 0 Å². The maximum absolute atomic E-state index is 7.67. The number of fused-ring (bicyclic) bond motifs is 10. The molecule has 1 unspecified atom stereocenters. The van der Waals surface area contributed by atoms with Crippen molar-refractivity contribution in [2.75, 3.05) is 0 Å². The third-order valence-corrected chi connectivity index (χ3v) is 11.1. The van der Waals surface area contributed by atoms with Crippen LogP contribution in [0.2, 0.25) is 0 Å². The van der Waals surface area contributed by atoms with Crippen LogP contribution in [0, 0.1) is 0 Å². The number of benzene rings is 5. The lowest BCUT2D eigenvalue weighted by molar-refractivity contribution is -0.0442. The van der Waals surface area contributed by atoms with E-state index in [1.54, 1.807) is 0 Å². The summed E-state index contributed by atoms with van der Waals surface area (Å²) >= 11 is 0. The standard InChI is InChI=1S/C34H25OS/c1-4-14-24(15-5-1)33-28-21-11-12-22-29(28)34(35-33,25-16-6-2-7-17-25)32-31(33)27-20-10-13-23-30(27)36(32)26-18-8-3-9-19-26/h1-23,31-32H/q+1/t31-,32+,33-,34+,36?/m1/s1. The highest BCUT2D eigenvalue weighted by Crippen LogP contribution is 2.74. The summed E-state index contributed by atoms with van der Waals surface area (Å²) in [6, 6.07) is 51.2. The molecule has 5 aromatic carbocycles. The maximum atomic E-state index is 7.67. The Labute approximate surface area is 214 Å². The molecular weight excluding hydrogens is 456 g/mol. The predicted octanol–water partition coefficient (Wildman–Crippen LogP) is 7.42. The zero-order valence-electron chi connectivity index (χ0n) is 19.8. The van der Waals surface area contributed by atoms with Crippen molar-refractivity contribution in [2.24, 2.45) is 0 Å². The molecule has 0 radical (unpaired) electrons. The van der Waals surface area contributed by atoms with Gasteiger partial charge in [-0.2, -0.15) is 0 Å². The van der Waals surface area contributed by atoms with Gasteiger partial charge in [0.1, 0.15) is 5.60 Å². The molecule has 1 saturated heterocycles. The highest BCUT2D eigenvalue weighted by molar-refractivity contribution is 7.98. The fraction of sp³-hybridized carbons (Fsp3) is 0.118. The Morgan fingerprint density at radius 1 is 0.500 bits per heavy atom. The molecule has 1 nitrogen and oxygen atoms in total. The van der Waals surface area contributed by atoms with Crippen molar-refractivity contribution in [1.82, 2.24) is 0 Å². The number of hydrogen-bond acceptors (Lipinski definition) is 1. The van der Waals surface area contributed by atoms with Crippen molar-refractivity contribution >= 4 is 10.9 Å². The number of ether oxygens (including phenoxy) is 1. The van der Waals surface area contributed by atoms with E-state index in [-0.39, 0.29) is 22.1 Å². The van der Waals surface area contributed by atoms with Crippen LogP contribution in [0.1, 0.15) is 33.7 Å². The van der Waals surface area contributed by atoms with Crippen molar-refractivity contribution in [3.63, 3.8) is 0 Å². The first kappa shape index (κ1) is 20.6. The molecule has 36 heavy (non-hydrogen) atoms. The van der Waals surface area contributed by atoms with Gasteiger partial charge in [-0.1, -0.05) is 121 Å². The molecule has 1 fully saturated rings.